The van der Waals surface area contributed by atoms with Crippen LogP contribution in [0, 0.1) is 0 Å². The molecule has 3 nitrogen and oxygen atoms in total. The van der Waals surface area contributed by atoms with Gasteiger partial charge in [-0.15, -0.1) is 0 Å². The van der Waals surface area contributed by atoms with Crippen LogP contribution in [0.3, 0.4) is 0 Å². The fourth-order valence-corrected chi connectivity index (χ4v) is 2.36. The Balaban J connectivity index is 2.55. The standard InChI is InChI=1S/C15H13Cl2NO2/c1-2-18-13(10-3-6-12(16)7-4-10)8-5-11(15(18)20)9-14(17)19/h3-8H,2,9H2,1H3. The first-order valence-corrected chi connectivity index (χ1v) is 6.95. The second-order valence-corrected chi connectivity index (χ2v) is 5.19. The molecule has 0 N–H and O–H groups in total. The van der Waals surface area contributed by atoms with Gasteiger partial charge in [0, 0.05) is 17.1 Å². The van der Waals surface area contributed by atoms with Crippen LogP contribution in [0.5, 0.6) is 0 Å². The molecule has 0 radical (unpaired) electrons. The zero-order chi connectivity index (χ0) is 14.7. The van der Waals surface area contributed by atoms with Gasteiger partial charge in [0.15, 0.2) is 0 Å². The van der Waals surface area contributed by atoms with Crippen LogP contribution in [0.4, 0.5) is 0 Å². The van der Waals surface area contributed by atoms with Crippen LogP contribution in [-0.4, -0.2) is 9.81 Å². The summed E-state index contributed by atoms with van der Waals surface area (Å²) in [5, 5.41) is 0.104. The number of hydrogen-bond acceptors (Lipinski definition) is 2. The summed E-state index contributed by atoms with van der Waals surface area (Å²) in [6, 6.07) is 10.7. The Kier molecular flexibility index (Phi) is 4.63. The first-order valence-electron chi connectivity index (χ1n) is 6.20. The highest BCUT2D eigenvalue weighted by Gasteiger charge is 2.11. The fourth-order valence-electron chi connectivity index (χ4n) is 2.09. The highest BCUT2D eigenvalue weighted by atomic mass is 35.5. The van der Waals surface area contributed by atoms with Gasteiger partial charge in [0.2, 0.25) is 5.24 Å². The molecule has 0 fully saturated rings. The highest BCUT2D eigenvalue weighted by molar-refractivity contribution is 6.63. The molecule has 0 spiro atoms. The summed E-state index contributed by atoms with van der Waals surface area (Å²) >= 11 is 11.2. The molecule has 0 atom stereocenters. The number of benzene rings is 1. The molecule has 2 aromatic rings. The monoisotopic (exact) mass is 309 g/mol. The molecule has 2 rings (SSSR count). The molecule has 1 aromatic heterocycles. The van der Waals surface area contributed by atoms with E-state index in [9.17, 15) is 9.59 Å². The van der Waals surface area contributed by atoms with Crippen molar-refractivity contribution >= 4 is 28.4 Å². The smallest absolute Gasteiger partial charge is 0.254 e. The highest BCUT2D eigenvalue weighted by Crippen LogP contribution is 2.21. The summed E-state index contributed by atoms with van der Waals surface area (Å²) < 4.78 is 1.62. The lowest BCUT2D eigenvalue weighted by Crippen LogP contribution is -2.25. The lowest BCUT2D eigenvalue weighted by atomic mass is 10.1. The number of aromatic nitrogens is 1. The number of carbonyl (C=O) groups is 1. The first kappa shape index (κ1) is 14.8. The van der Waals surface area contributed by atoms with Crippen LogP contribution in [0.15, 0.2) is 41.2 Å². The molecule has 0 aliphatic heterocycles. The number of pyridine rings is 1. The van der Waals surface area contributed by atoms with Crippen molar-refractivity contribution in [2.75, 3.05) is 0 Å². The minimum Gasteiger partial charge on any atom is -0.308 e. The third-order valence-corrected chi connectivity index (χ3v) is 3.42. The predicted molar refractivity (Wildman–Crippen MR) is 81.4 cm³/mol. The van der Waals surface area contributed by atoms with Crippen molar-refractivity contribution in [1.29, 1.82) is 0 Å². The van der Waals surface area contributed by atoms with Crippen LogP contribution in [-0.2, 0) is 17.8 Å². The fraction of sp³-hybridized carbons (Fsp3) is 0.200. The van der Waals surface area contributed by atoms with E-state index in [1.54, 1.807) is 22.8 Å². The maximum atomic E-state index is 12.3. The minimum atomic E-state index is -0.538. The Hall–Kier alpha value is -1.58. The molecule has 1 heterocycles. The largest absolute Gasteiger partial charge is 0.308 e. The molecule has 5 heteroatoms. The molecule has 20 heavy (non-hydrogen) atoms. The van der Waals surface area contributed by atoms with Gasteiger partial charge in [-0.2, -0.15) is 0 Å². The summed E-state index contributed by atoms with van der Waals surface area (Å²) in [4.78, 5) is 23.3. The normalized spacial score (nSPS) is 10.6. The van der Waals surface area contributed by atoms with Crippen molar-refractivity contribution in [2.24, 2.45) is 0 Å². The van der Waals surface area contributed by atoms with Gasteiger partial charge in [-0.1, -0.05) is 29.8 Å². The molecule has 0 bridgehead atoms. The maximum Gasteiger partial charge on any atom is 0.254 e. The molecule has 0 saturated heterocycles. The van der Waals surface area contributed by atoms with E-state index in [2.05, 4.69) is 0 Å². The molecule has 1 aromatic carbocycles. The van der Waals surface area contributed by atoms with Gasteiger partial charge < -0.3 is 4.57 Å². The second-order valence-electron chi connectivity index (χ2n) is 4.33. The van der Waals surface area contributed by atoms with Gasteiger partial charge in [0.25, 0.3) is 5.56 Å². The lowest BCUT2D eigenvalue weighted by molar-refractivity contribution is -0.111. The van der Waals surface area contributed by atoms with Crippen molar-refractivity contribution < 1.29 is 4.79 Å². The van der Waals surface area contributed by atoms with E-state index in [1.807, 2.05) is 25.1 Å². The van der Waals surface area contributed by atoms with Crippen LogP contribution in [0.25, 0.3) is 11.3 Å². The Bertz CT molecular complexity index is 690. The molecule has 104 valence electrons. The summed E-state index contributed by atoms with van der Waals surface area (Å²) in [6.07, 6.45) is -0.0543. The third kappa shape index (κ3) is 3.11. The Morgan fingerprint density at radius 2 is 1.80 bits per heavy atom. The zero-order valence-corrected chi connectivity index (χ0v) is 12.4. The van der Waals surface area contributed by atoms with E-state index in [0.717, 1.165) is 11.3 Å². The van der Waals surface area contributed by atoms with Crippen LogP contribution in [0.1, 0.15) is 12.5 Å². The van der Waals surface area contributed by atoms with Crippen molar-refractivity contribution in [3.8, 4) is 11.3 Å². The van der Waals surface area contributed by atoms with E-state index in [-0.39, 0.29) is 12.0 Å². The van der Waals surface area contributed by atoms with Crippen molar-refractivity contribution in [1.82, 2.24) is 4.57 Å². The molecule has 0 unspecified atom stereocenters. The minimum absolute atomic E-state index is 0.0543. The first-order chi connectivity index (χ1) is 9.52. The van der Waals surface area contributed by atoms with Gasteiger partial charge in [-0.05, 0) is 42.3 Å². The quantitative estimate of drug-likeness (QED) is 0.811. The maximum absolute atomic E-state index is 12.3. The molecule has 0 aliphatic rings. The van der Waals surface area contributed by atoms with Crippen molar-refractivity contribution in [2.45, 2.75) is 19.9 Å². The summed E-state index contributed by atoms with van der Waals surface area (Å²) in [6.45, 7) is 2.40. The van der Waals surface area contributed by atoms with Gasteiger partial charge >= 0.3 is 0 Å². The average molecular weight is 310 g/mol. The summed E-state index contributed by atoms with van der Waals surface area (Å²) in [5.41, 5.74) is 1.91. The second kappa shape index (κ2) is 6.25. The summed E-state index contributed by atoms with van der Waals surface area (Å²) in [7, 11) is 0. The van der Waals surface area contributed by atoms with E-state index in [1.165, 1.54) is 0 Å². The molecule has 0 amide bonds. The predicted octanol–water partition coefficient (Wildman–Crippen LogP) is 3.50. The Morgan fingerprint density at radius 1 is 1.15 bits per heavy atom. The lowest BCUT2D eigenvalue weighted by Gasteiger charge is -2.12. The van der Waals surface area contributed by atoms with Gasteiger partial charge in [-0.25, -0.2) is 0 Å². The van der Waals surface area contributed by atoms with Crippen LogP contribution >= 0.6 is 23.2 Å². The number of carbonyl (C=O) groups excluding carboxylic acids is 1. The van der Waals surface area contributed by atoms with Gasteiger partial charge in [0.05, 0.1) is 12.1 Å². The SMILES string of the molecule is CCn1c(-c2ccc(Cl)cc2)ccc(CC(=O)Cl)c1=O. The van der Waals surface area contributed by atoms with Gasteiger partial charge in [0.1, 0.15) is 0 Å². The molecular formula is C15H13Cl2NO2. The number of halogens is 2. The number of hydrogen-bond donors (Lipinski definition) is 0. The average Bonchev–Trinajstić information content (AvgIpc) is 2.41. The van der Waals surface area contributed by atoms with E-state index in [4.69, 9.17) is 23.2 Å². The molecule has 0 aliphatic carbocycles. The van der Waals surface area contributed by atoms with Gasteiger partial charge in [-0.3, -0.25) is 9.59 Å². The number of rotatable bonds is 4. The topological polar surface area (TPSA) is 39.1 Å². The van der Waals surface area contributed by atoms with Crippen LogP contribution in [0.2, 0.25) is 5.02 Å². The zero-order valence-electron chi connectivity index (χ0n) is 10.9. The molecule has 0 saturated carbocycles. The van der Waals surface area contributed by atoms with Crippen LogP contribution < -0.4 is 5.56 Å². The summed E-state index contributed by atoms with van der Waals surface area (Å²) in [5.74, 6) is 0. The molecular weight excluding hydrogens is 297 g/mol. The third-order valence-electron chi connectivity index (χ3n) is 3.04. The van der Waals surface area contributed by atoms with E-state index >= 15 is 0 Å². The Morgan fingerprint density at radius 3 is 2.35 bits per heavy atom. The number of nitrogens with zero attached hydrogens (tertiary/aromatic N) is 1. The van der Waals surface area contributed by atoms with E-state index in [0.29, 0.717) is 17.1 Å². The van der Waals surface area contributed by atoms with E-state index < -0.39 is 5.24 Å². The van der Waals surface area contributed by atoms with Crippen molar-refractivity contribution in [3.05, 3.63) is 57.3 Å². The van der Waals surface area contributed by atoms with Crippen molar-refractivity contribution in [3.63, 3.8) is 0 Å². The Labute approximate surface area is 126 Å².